The van der Waals surface area contributed by atoms with Gasteiger partial charge in [0.05, 0.1) is 17.7 Å². The molecule has 0 unspecified atom stereocenters. The third kappa shape index (κ3) is 4.82. The van der Waals surface area contributed by atoms with Crippen molar-refractivity contribution in [2.75, 3.05) is 26.2 Å². The van der Waals surface area contributed by atoms with Gasteiger partial charge in [-0.15, -0.1) is 0 Å². The molecule has 1 amide bonds. The van der Waals surface area contributed by atoms with Gasteiger partial charge in [-0.3, -0.25) is 9.69 Å². The summed E-state index contributed by atoms with van der Waals surface area (Å²) in [7, 11) is 0. The van der Waals surface area contributed by atoms with E-state index < -0.39 is 5.41 Å². The Morgan fingerprint density at radius 2 is 1.96 bits per heavy atom. The molecule has 1 aromatic heterocycles. The molecule has 1 aliphatic heterocycles. The third-order valence-corrected chi connectivity index (χ3v) is 5.92. The Kier molecular flexibility index (Phi) is 7.02. The molecule has 0 radical (unpaired) electrons. The van der Waals surface area contributed by atoms with Gasteiger partial charge >= 0.3 is 0 Å². The van der Waals surface area contributed by atoms with E-state index in [1.807, 2.05) is 27.7 Å². The number of hydrogen-bond donors (Lipinski definition) is 2. The number of aryl methyl sites for hydroxylation is 2. The summed E-state index contributed by atoms with van der Waals surface area (Å²) in [4.78, 5) is 19.4. The molecule has 6 nitrogen and oxygen atoms in total. The molecular formula is C19H34N4O2. The van der Waals surface area contributed by atoms with E-state index in [2.05, 4.69) is 15.2 Å². The molecule has 0 saturated carbocycles. The van der Waals surface area contributed by atoms with Crippen LogP contribution < -0.4 is 11.1 Å². The zero-order valence-electron chi connectivity index (χ0n) is 16.2. The number of piperidine rings is 1. The zero-order valence-corrected chi connectivity index (χ0v) is 16.2. The number of nitrogens with zero attached hydrogens (tertiary/aromatic N) is 2. The Balaban J connectivity index is 1.76. The largest absolute Gasteiger partial charge is 0.444 e. The van der Waals surface area contributed by atoms with E-state index in [0.717, 1.165) is 69.2 Å². The van der Waals surface area contributed by atoms with Gasteiger partial charge in [-0.25, -0.2) is 4.98 Å². The second-order valence-electron chi connectivity index (χ2n) is 7.37. The van der Waals surface area contributed by atoms with Gasteiger partial charge in [0.2, 0.25) is 11.8 Å². The van der Waals surface area contributed by atoms with Gasteiger partial charge in [-0.05, 0) is 58.5 Å². The lowest BCUT2D eigenvalue weighted by Crippen LogP contribution is -2.47. The first-order valence-corrected chi connectivity index (χ1v) is 9.57. The van der Waals surface area contributed by atoms with Crippen molar-refractivity contribution in [2.45, 2.75) is 59.9 Å². The second-order valence-corrected chi connectivity index (χ2v) is 7.37. The summed E-state index contributed by atoms with van der Waals surface area (Å²) in [6.07, 6.45) is 3.76. The Morgan fingerprint density at radius 3 is 2.44 bits per heavy atom. The van der Waals surface area contributed by atoms with Crippen LogP contribution in [0.25, 0.3) is 0 Å². The highest BCUT2D eigenvalue weighted by molar-refractivity contribution is 5.82. The van der Waals surface area contributed by atoms with Gasteiger partial charge in [-0.1, -0.05) is 13.8 Å². The van der Waals surface area contributed by atoms with Crippen molar-refractivity contribution < 1.29 is 9.21 Å². The van der Waals surface area contributed by atoms with Crippen LogP contribution in [-0.4, -0.2) is 42.0 Å². The van der Waals surface area contributed by atoms with E-state index in [9.17, 15) is 4.79 Å². The van der Waals surface area contributed by atoms with Crippen molar-refractivity contribution >= 4 is 5.91 Å². The molecule has 3 N–H and O–H groups in total. The highest BCUT2D eigenvalue weighted by Crippen LogP contribution is 2.25. The Morgan fingerprint density at radius 1 is 1.32 bits per heavy atom. The van der Waals surface area contributed by atoms with Crippen LogP contribution >= 0.6 is 0 Å². The second kappa shape index (κ2) is 8.81. The standard InChI is InChI=1S/C19H34N4O2/c1-5-19(6-2,13-20)18(24)21-11-16-7-9-23(10-8-16)12-17-22-14(3)15(4)25-17/h16H,5-13,20H2,1-4H3,(H,21,24). The molecule has 25 heavy (non-hydrogen) atoms. The molecule has 1 fully saturated rings. The summed E-state index contributed by atoms with van der Waals surface area (Å²) in [6, 6.07) is 0. The number of oxazole rings is 1. The lowest BCUT2D eigenvalue weighted by Gasteiger charge is -2.33. The predicted octanol–water partition coefficient (Wildman–Crippen LogP) is 2.38. The van der Waals surface area contributed by atoms with Crippen LogP contribution in [0.1, 0.15) is 56.9 Å². The highest BCUT2D eigenvalue weighted by atomic mass is 16.4. The van der Waals surface area contributed by atoms with E-state index >= 15 is 0 Å². The highest BCUT2D eigenvalue weighted by Gasteiger charge is 2.33. The third-order valence-electron chi connectivity index (χ3n) is 5.92. The number of amides is 1. The van der Waals surface area contributed by atoms with Crippen LogP contribution in [0.2, 0.25) is 0 Å². The molecule has 1 aliphatic rings. The van der Waals surface area contributed by atoms with Crippen LogP contribution in [0.15, 0.2) is 4.42 Å². The number of rotatable bonds is 8. The minimum Gasteiger partial charge on any atom is -0.444 e. The van der Waals surface area contributed by atoms with E-state index in [-0.39, 0.29) is 5.91 Å². The number of nitrogens with one attached hydrogen (secondary N) is 1. The summed E-state index contributed by atoms with van der Waals surface area (Å²) < 4.78 is 5.68. The van der Waals surface area contributed by atoms with Crippen molar-refractivity contribution in [3.8, 4) is 0 Å². The topological polar surface area (TPSA) is 84.4 Å². The molecule has 1 saturated heterocycles. The minimum atomic E-state index is -0.401. The van der Waals surface area contributed by atoms with Crippen molar-refractivity contribution in [3.05, 3.63) is 17.3 Å². The Bertz CT molecular complexity index is 530. The first kappa shape index (κ1) is 19.9. The maximum atomic E-state index is 12.5. The number of nitrogens with two attached hydrogens (primary N) is 1. The lowest BCUT2D eigenvalue weighted by atomic mass is 9.81. The molecule has 2 rings (SSSR count). The Hall–Kier alpha value is -1.40. The van der Waals surface area contributed by atoms with E-state index in [0.29, 0.717) is 12.5 Å². The summed E-state index contributed by atoms with van der Waals surface area (Å²) in [5.41, 5.74) is 6.43. The molecule has 6 heteroatoms. The molecule has 1 aromatic rings. The van der Waals surface area contributed by atoms with E-state index in [1.165, 1.54) is 0 Å². The van der Waals surface area contributed by atoms with Crippen molar-refractivity contribution in [2.24, 2.45) is 17.1 Å². The van der Waals surface area contributed by atoms with Gasteiger partial charge in [0.25, 0.3) is 0 Å². The summed E-state index contributed by atoms with van der Waals surface area (Å²) in [6.45, 7) is 12.0. The van der Waals surface area contributed by atoms with Crippen LogP contribution in [0.4, 0.5) is 0 Å². The van der Waals surface area contributed by atoms with Crippen LogP contribution in [0.5, 0.6) is 0 Å². The monoisotopic (exact) mass is 350 g/mol. The van der Waals surface area contributed by atoms with Gasteiger partial charge in [0.15, 0.2) is 0 Å². The molecule has 0 aliphatic carbocycles. The molecular weight excluding hydrogens is 316 g/mol. The molecule has 0 aromatic carbocycles. The molecule has 0 atom stereocenters. The first-order valence-electron chi connectivity index (χ1n) is 9.57. The fourth-order valence-corrected chi connectivity index (χ4v) is 3.52. The summed E-state index contributed by atoms with van der Waals surface area (Å²) in [5.74, 6) is 2.37. The smallest absolute Gasteiger partial charge is 0.227 e. The van der Waals surface area contributed by atoms with Crippen LogP contribution in [-0.2, 0) is 11.3 Å². The number of likely N-dealkylation sites (tertiary alicyclic amines) is 1. The average Bonchev–Trinajstić information content (AvgIpc) is 2.93. The number of carbonyl (C=O) groups is 1. The van der Waals surface area contributed by atoms with Crippen molar-refractivity contribution in [3.63, 3.8) is 0 Å². The molecule has 0 spiro atoms. The van der Waals surface area contributed by atoms with Gasteiger partial charge in [0, 0.05) is 13.1 Å². The quantitative estimate of drug-likeness (QED) is 0.752. The fraction of sp³-hybridized carbons (Fsp3) is 0.789. The first-order chi connectivity index (χ1) is 11.9. The number of hydrogen-bond acceptors (Lipinski definition) is 5. The van der Waals surface area contributed by atoms with Crippen molar-refractivity contribution in [1.29, 1.82) is 0 Å². The maximum absolute atomic E-state index is 12.5. The SMILES string of the molecule is CCC(CC)(CN)C(=O)NCC1CCN(Cc2nc(C)c(C)o2)CC1. The van der Waals surface area contributed by atoms with Gasteiger partial charge in [-0.2, -0.15) is 0 Å². The zero-order chi connectivity index (χ0) is 18.4. The molecule has 142 valence electrons. The Labute approximate surface area is 151 Å². The predicted molar refractivity (Wildman–Crippen MR) is 99.1 cm³/mol. The van der Waals surface area contributed by atoms with Gasteiger partial charge in [0.1, 0.15) is 5.76 Å². The van der Waals surface area contributed by atoms with E-state index in [4.69, 9.17) is 10.2 Å². The van der Waals surface area contributed by atoms with Crippen LogP contribution in [0.3, 0.4) is 0 Å². The van der Waals surface area contributed by atoms with Gasteiger partial charge < -0.3 is 15.5 Å². The maximum Gasteiger partial charge on any atom is 0.227 e. The van der Waals surface area contributed by atoms with Crippen molar-refractivity contribution in [1.82, 2.24) is 15.2 Å². The minimum absolute atomic E-state index is 0.119. The molecule has 2 heterocycles. The summed E-state index contributed by atoms with van der Waals surface area (Å²) >= 11 is 0. The normalized spacial score (nSPS) is 17.0. The van der Waals surface area contributed by atoms with E-state index in [1.54, 1.807) is 0 Å². The molecule has 0 bridgehead atoms. The van der Waals surface area contributed by atoms with Crippen LogP contribution in [0, 0.1) is 25.2 Å². The lowest BCUT2D eigenvalue weighted by molar-refractivity contribution is -0.131. The fourth-order valence-electron chi connectivity index (χ4n) is 3.52. The summed E-state index contributed by atoms with van der Waals surface area (Å²) in [5, 5.41) is 3.15. The average molecular weight is 351 g/mol. The number of carbonyl (C=O) groups excluding carboxylic acids is 1. The number of aromatic nitrogens is 1.